The summed E-state index contributed by atoms with van der Waals surface area (Å²) in [5, 5.41) is 7.03. The first-order chi connectivity index (χ1) is 6.29. The molecule has 1 aromatic heterocycles. The minimum Gasteiger partial charge on any atom is -0.388 e. The SMILES string of the molecule is N=C(N)CCSCc1ccccn1. The minimum atomic E-state index is 0.258. The van der Waals surface area contributed by atoms with Crippen LogP contribution < -0.4 is 5.73 Å². The molecular weight excluding hydrogens is 182 g/mol. The fourth-order valence-corrected chi connectivity index (χ4v) is 1.73. The van der Waals surface area contributed by atoms with Gasteiger partial charge in [-0.05, 0) is 12.1 Å². The highest BCUT2D eigenvalue weighted by atomic mass is 32.2. The van der Waals surface area contributed by atoms with Gasteiger partial charge in [-0.3, -0.25) is 10.4 Å². The Bertz CT molecular complexity index is 261. The fourth-order valence-electron chi connectivity index (χ4n) is 0.842. The van der Waals surface area contributed by atoms with Crippen molar-refractivity contribution in [3.8, 4) is 0 Å². The molecule has 0 aliphatic rings. The number of aromatic nitrogens is 1. The summed E-state index contributed by atoms with van der Waals surface area (Å²) in [6.07, 6.45) is 2.46. The van der Waals surface area contributed by atoms with E-state index >= 15 is 0 Å². The largest absolute Gasteiger partial charge is 0.388 e. The van der Waals surface area contributed by atoms with Gasteiger partial charge in [0.1, 0.15) is 0 Å². The van der Waals surface area contributed by atoms with Crippen LogP contribution in [0, 0.1) is 5.41 Å². The lowest BCUT2D eigenvalue weighted by Gasteiger charge is -1.99. The quantitative estimate of drug-likeness (QED) is 0.426. The first-order valence-corrected chi connectivity index (χ1v) is 5.25. The molecule has 0 saturated heterocycles. The van der Waals surface area contributed by atoms with Crippen LogP contribution in [0.4, 0.5) is 0 Å². The van der Waals surface area contributed by atoms with Crippen molar-refractivity contribution in [1.29, 1.82) is 5.41 Å². The molecule has 1 rings (SSSR count). The van der Waals surface area contributed by atoms with E-state index in [9.17, 15) is 0 Å². The van der Waals surface area contributed by atoms with Crippen molar-refractivity contribution in [2.75, 3.05) is 5.75 Å². The van der Waals surface area contributed by atoms with E-state index in [0.717, 1.165) is 17.2 Å². The minimum absolute atomic E-state index is 0.258. The van der Waals surface area contributed by atoms with Crippen molar-refractivity contribution in [2.24, 2.45) is 5.73 Å². The van der Waals surface area contributed by atoms with Crippen molar-refractivity contribution < 1.29 is 0 Å². The highest BCUT2D eigenvalue weighted by molar-refractivity contribution is 7.98. The fraction of sp³-hybridized carbons (Fsp3) is 0.333. The average Bonchev–Trinajstić information content (AvgIpc) is 2.14. The van der Waals surface area contributed by atoms with Crippen LogP contribution in [0.5, 0.6) is 0 Å². The van der Waals surface area contributed by atoms with Crippen LogP contribution in [0.3, 0.4) is 0 Å². The van der Waals surface area contributed by atoms with Gasteiger partial charge in [0, 0.05) is 24.1 Å². The number of hydrogen-bond donors (Lipinski definition) is 2. The first kappa shape index (κ1) is 10.1. The number of nitrogens with two attached hydrogens (primary N) is 1. The summed E-state index contributed by atoms with van der Waals surface area (Å²) >= 11 is 1.75. The first-order valence-electron chi connectivity index (χ1n) is 4.09. The lowest BCUT2D eigenvalue weighted by Crippen LogP contribution is -2.09. The number of nitrogens with zero attached hydrogens (tertiary/aromatic N) is 1. The molecule has 0 aliphatic carbocycles. The number of rotatable bonds is 5. The molecule has 1 heterocycles. The van der Waals surface area contributed by atoms with Crippen LogP contribution in [-0.4, -0.2) is 16.6 Å². The maximum Gasteiger partial charge on any atom is 0.0913 e. The van der Waals surface area contributed by atoms with E-state index < -0.39 is 0 Å². The van der Waals surface area contributed by atoms with Crippen LogP contribution in [0.15, 0.2) is 24.4 Å². The van der Waals surface area contributed by atoms with Crippen LogP contribution in [0.25, 0.3) is 0 Å². The van der Waals surface area contributed by atoms with Crippen LogP contribution in [0.2, 0.25) is 0 Å². The van der Waals surface area contributed by atoms with E-state index in [4.69, 9.17) is 11.1 Å². The van der Waals surface area contributed by atoms with E-state index in [1.807, 2.05) is 18.2 Å². The molecule has 4 heteroatoms. The number of nitrogens with one attached hydrogen (secondary N) is 1. The lowest BCUT2D eigenvalue weighted by atomic mass is 10.4. The Labute approximate surface area is 82.3 Å². The molecule has 0 spiro atoms. The summed E-state index contributed by atoms with van der Waals surface area (Å²) < 4.78 is 0. The van der Waals surface area contributed by atoms with E-state index in [-0.39, 0.29) is 5.84 Å². The molecule has 3 N–H and O–H groups in total. The van der Waals surface area contributed by atoms with Gasteiger partial charge in [-0.25, -0.2) is 0 Å². The van der Waals surface area contributed by atoms with Gasteiger partial charge >= 0.3 is 0 Å². The van der Waals surface area contributed by atoms with E-state index in [1.54, 1.807) is 18.0 Å². The monoisotopic (exact) mass is 195 g/mol. The number of pyridine rings is 1. The maximum atomic E-state index is 7.03. The Morgan fingerprint density at radius 3 is 3.00 bits per heavy atom. The molecule has 0 amide bonds. The van der Waals surface area contributed by atoms with Crippen molar-refractivity contribution >= 4 is 17.6 Å². The second-order valence-electron chi connectivity index (χ2n) is 2.65. The molecule has 0 aliphatic heterocycles. The Hall–Kier alpha value is -1.03. The molecular formula is C9H13N3S. The zero-order valence-corrected chi connectivity index (χ0v) is 8.18. The van der Waals surface area contributed by atoms with Crippen molar-refractivity contribution in [3.05, 3.63) is 30.1 Å². The summed E-state index contributed by atoms with van der Waals surface area (Å²) in [4.78, 5) is 4.19. The van der Waals surface area contributed by atoms with Crippen LogP contribution in [0.1, 0.15) is 12.1 Å². The molecule has 1 aromatic rings. The van der Waals surface area contributed by atoms with Crippen molar-refractivity contribution in [2.45, 2.75) is 12.2 Å². The van der Waals surface area contributed by atoms with E-state index in [2.05, 4.69) is 4.98 Å². The molecule has 0 bridgehead atoms. The second-order valence-corrected chi connectivity index (χ2v) is 3.75. The third kappa shape index (κ3) is 4.52. The summed E-state index contributed by atoms with van der Waals surface area (Å²) in [7, 11) is 0. The summed E-state index contributed by atoms with van der Waals surface area (Å²) in [5.74, 6) is 2.05. The summed E-state index contributed by atoms with van der Waals surface area (Å²) in [5.41, 5.74) is 6.31. The molecule has 0 fully saturated rings. The highest BCUT2D eigenvalue weighted by Gasteiger charge is 1.94. The van der Waals surface area contributed by atoms with Crippen molar-refractivity contribution in [3.63, 3.8) is 0 Å². The lowest BCUT2D eigenvalue weighted by molar-refractivity contribution is 1.16. The van der Waals surface area contributed by atoms with Gasteiger partial charge in [-0.2, -0.15) is 11.8 Å². The van der Waals surface area contributed by atoms with Gasteiger partial charge in [-0.15, -0.1) is 0 Å². The zero-order valence-electron chi connectivity index (χ0n) is 7.36. The van der Waals surface area contributed by atoms with Gasteiger partial charge < -0.3 is 5.73 Å². The number of amidine groups is 1. The molecule has 0 saturated carbocycles. The van der Waals surface area contributed by atoms with Gasteiger partial charge in [0.15, 0.2) is 0 Å². The summed E-state index contributed by atoms with van der Waals surface area (Å²) in [6, 6.07) is 5.89. The highest BCUT2D eigenvalue weighted by Crippen LogP contribution is 2.09. The third-order valence-electron chi connectivity index (χ3n) is 1.49. The molecule has 0 aromatic carbocycles. The number of hydrogen-bond acceptors (Lipinski definition) is 3. The van der Waals surface area contributed by atoms with Crippen molar-refractivity contribution in [1.82, 2.24) is 4.98 Å². The third-order valence-corrected chi connectivity index (χ3v) is 2.48. The van der Waals surface area contributed by atoms with Crippen LogP contribution in [-0.2, 0) is 5.75 Å². The predicted molar refractivity (Wildman–Crippen MR) is 56.9 cm³/mol. The Morgan fingerprint density at radius 1 is 1.54 bits per heavy atom. The number of thioether (sulfide) groups is 1. The van der Waals surface area contributed by atoms with Crippen LogP contribution >= 0.6 is 11.8 Å². The average molecular weight is 195 g/mol. The standard InChI is InChI=1S/C9H13N3S/c10-9(11)4-6-13-7-8-3-1-2-5-12-8/h1-3,5H,4,6-7H2,(H3,10,11). The second kappa shape index (κ2) is 5.59. The smallest absolute Gasteiger partial charge is 0.0913 e. The Balaban J connectivity index is 2.17. The van der Waals surface area contributed by atoms with E-state index in [0.29, 0.717) is 6.42 Å². The maximum absolute atomic E-state index is 7.03. The molecule has 0 atom stereocenters. The molecule has 0 unspecified atom stereocenters. The van der Waals surface area contributed by atoms with Gasteiger partial charge in [-0.1, -0.05) is 6.07 Å². The predicted octanol–water partition coefficient (Wildman–Crippen LogP) is 1.64. The Kier molecular flexibility index (Phi) is 4.32. The topological polar surface area (TPSA) is 62.8 Å². The molecule has 70 valence electrons. The van der Waals surface area contributed by atoms with Gasteiger partial charge in [0.25, 0.3) is 0 Å². The molecule has 3 nitrogen and oxygen atoms in total. The Morgan fingerprint density at radius 2 is 2.38 bits per heavy atom. The normalized spacial score (nSPS) is 9.85. The van der Waals surface area contributed by atoms with Gasteiger partial charge in [0.2, 0.25) is 0 Å². The van der Waals surface area contributed by atoms with E-state index in [1.165, 1.54) is 0 Å². The summed E-state index contributed by atoms with van der Waals surface area (Å²) in [6.45, 7) is 0. The molecule has 0 radical (unpaired) electrons. The zero-order chi connectivity index (χ0) is 9.52. The molecule has 13 heavy (non-hydrogen) atoms. The van der Waals surface area contributed by atoms with Gasteiger partial charge in [0.05, 0.1) is 11.5 Å².